The van der Waals surface area contributed by atoms with Crippen LogP contribution in [0.25, 0.3) is 0 Å². The molecule has 2 aromatic carbocycles. The molecule has 1 aliphatic rings. The number of hydrogen-bond acceptors (Lipinski definition) is 3. The van der Waals surface area contributed by atoms with Crippen molar-refractivity contribution in [2.24, 2.45) is 5.92 Å². The molecule has 0 radical (unpaired) electrons. The summed E-state index contributed by atoms with van der Waals surface area (Å²) in [7, 11) is -3.55. The van der Waals surface area contributed by atoms with Crippen LogP contribution in [0.4, 0.5) is 5.69 Å². The Labute approximate surface area is 165 Å². The first-order chi connectivity index (χ1) is 12.8. The van der Waals surface area contributed by atoms with E-state index in [9.17, 15) is 13.2 Å². The van der Waals surface area contributed by atoms with Crippen molar-refractivity contribution in [3.05, 3.63) is 58.6 Å². The van der Waals surface area contributed by atoms with Crippen LogP contribution in [0, 0.1) is 19.8 Å². The number of halogens is 1. The average Bonchev–Trinajstić information content (AvgIpc) is 2.65. The third-order valence-corrected chi connectivity index (χ3v) is 7.22. The lowest BCUT2D eigenvalue weighted by Gasteiger charge is -2.30. The summed E-state index contributed by atoms with van der Waals surface area (Å²) >= 11 is 5.83. The molecule has 1 aliphatic heterocycles. The fraction of sp³-hybridized carbons (Fsp3) is 0.350. The van der Waals surface area contributed by atoms with Crippen molar-refractivity contribution in [3.8, 4) is 0 Å². The number of hydrogen-bond donors (Lipinski definition) is 1. The van der Waals surface area contributed by atoms with Crippen molar-refractivity contribution in [2.75, 3.05) is 18.4 Å². The summed E-state index contributed by atoms with van der Waals surface area (Å²) in [6, 6.07) is 12.0. The highest BCUT2D eigenvalue weighted by Gasteiger charge is 2.32. The van der Waals surface area contributed by atoms with Gasteiger partial charge in [0.25, 0.3) is 0 Å². The van der Waals surface area contributed by atoms with Crippen molar-refractivity contribution >= 4 is 33.2 Å². The number of anilines is 1. The van der Waals surface area contributed by atoms with Crippen LogP contribution >= 0.6 is 11.6 Å². The van der Waals surface area contributed by atoms with E-state index in [2.05, 4.69) is 5.32 Å². The van der Waals surface area contributed by atoms with Crippen LogP contribution < -0.4 is 5.32 Å². The second kappa shape index (κ2) is 8.00. The number of piperidine rings is 1. The Hall–Kier alpha value is -1.89. The summed E-state index contributed by atoms with van der Waals surface area (Å²) in [6.45, 7) is 4.69. The van der Waals surface area contributed by atoms with E-state index in [0.717, 1.165) is 11.3 Å². The maximum absolute atomic E-state index is 12.7. The number of amides is 1. The molecule has 5 nitrogen and oxygen atoms in total. The van der Waals surface area contributed by atoms with Crippen molar-refractivity contribution in [2.45, 2.75) is 31.6 Å². The molecular weight excluding hydrogens is 384 g/mol. The molecule has 0 aromatic heterocycles. The third kappa shape index (κ3) is 4.51. The minimum absolute atomic E-state index is 0.0539. The van der Waals surface area contributed by atoms with Gasteiger partial charge in [0.2, 0.25) is 15.9 Å². The highest BCUT2D eigenvalue weighted by atomic mass is 35.5. The molecule has 0 bridgehead atoms. The summed E-state index contributed by atoms with van der Waals surface area (Å²) in [5.74, 6) is -0.245. The van der Waals surface area contributed by atoms with Gasteiger partial charge >= 0.3 is 0 Å². The van der Waals surface area contributed by atoms with Crippen molar-refractivity contribution in [1.82, 2.24) is 4.31 Å². The van der Waals surface area contributed by atoms with Gasteiger partial charge in [-0.3, -0.25) is 4.79 Å². The first kappa shape index (κ1) is 19.9. The number of nitrogens with one attached hydrogen (secondary N) is 1. The summed E-state index contributed by atoms with van der Waals surface area (Å²) in [4.78, 5) is 12.8. The number of carbonyl (C=O) groups is 1. The van der Waals surface area contributed by atoms with E-state index in [1.807, 2.05) is 32.0 Å². The molecular formula is C20H23ClN2O3S. The maximum atomic E-state index is 12.7. The number of rotatable bonds is 4. The lowest BCUT2D eigenvalue weighted by atomic mass is 9.97. The van der Waals surface area contributed by atoms with Gasteiger partial charge in [-0.25, -0.2) is 8.42 Å². The van der Waals surface area contributed by atoms with E-state index >= 15 is 0 Å². The van der Waals surface area contributed by atoms with Gasteiger partial charge in [-0.1, -0.05) is 17.7 Å². The zero-order chi connectivity index (χ0) is 19.6. The molecule has 2 aromatic rings. The highest BCUT2D eigenvalue weighted by molar-refractivity contribution is 7.89. The second-order valence-electron chi connectivity index (χ2n) is 6.92. The summed E-state index contributed by atoms with van der Waals surface area (Å²) in [5, 5.41) is 3.45. The van der Waals surface area contributed by atoms with Gasteiger partial charge in [-0.2, -0.15) is 4.31 Å². The first-order valence-electron chi connectivity index (χ1n) is 8.91. The van der Waals surface area contributed by atoms with Crippen molar-refractivity contribution in [3.63, 3.8) is 0 Å². The van der Waals surface area contributed by atoms with E-state index < -0.39 is 10.0 Å². The monoisotopic (exact) mass is 406 g/mol. The number of benzene rings is 2. The van der Waals surface area contributed by atoms with Crippen molar-refractivity contribution < 1.29 is 13.2 Å². The molecule has 1 amide bonds. The molecule has 1 N–H and O–H groups in total. The van der Waals surface area contributed by atoms with Gasteiger partial charge in [0.05, 0.1) is 4.90 Å². The van der Waals surface area contributed by atoms with Crippen LogP contribution in [0.2, 0.25) is 5.02 Å². The minimum Gasteiger partial charge on any atom is -0.326 e. The molecule has 0 spiro atoms. The SMILES string of the molecule is Cc1ccc(NC(=O)C2CCN(S(=O)(=O)c3ccc(Cl)cc3)CC2)cc1C. The fourth-order valence-electron chi connectivity index (χ4n) is 3.18. The minimum atomic E-state index is -3.55. The summed E-state index contributed by atoms with van der Waals surface area (Å²) in [5.41, 5.74) is 3.07. The van der Waals surface area contributed by atoms with Gasteiger partial charge < -0.3 is 5.32 Å². The van der Waals surface area contributed by atoms with E-state index in [-0.39, 0.29) is 16.7 Å². The normalized spacial score (nSPS) is 16.3. The van der Waals surface area contributed by atoms with E-state index in [4.69, 9.17) is 11.6 Å². The van der Waals surface area contributed by atoms with Gasteiger partial charge in [0, 0.05) is 29.7 Å². The van der Waals surface area contributed by atoms with Crippen LogP contribution in [-0.2, 0) is 14.8 Å². The molecule has 1 saturated heterocycles. The molecule has 0 aliphatic carbocycles. The standard InChI is InChI=1S/C20H23ClN2O3S/c1-14-3-6-18(13-15(14)2)22-20(24)16-9-11-23(12-10-16)27(25,26)19-7-4-17(21)5-8-19/h3-8,13,16H,9-12H2,1-2H3,(H,22,24). The number of nitrogens with zero attached hydrogens (tertiary/aromatic N) is 1. The topological polar surface area (TPSA) is 66.5 Å². The molecule has 0 unspecified atom stereocenters. The third-order valence-electron chi connectivity index (χ3n) is 5.05. The quantitative estimate of drug-likeness (QED) is 0.834. The average molecular weight is 407 g/mol. The Morgan fingerprint density at radius 1 is 1.04 bits per heavy atom. The molecule has 0 atom stereocenters. The summed E-state index contributed by atoms with van der Waals surface area (Å²) < 4.78 is 26.9. The van der Waals surface area contributed by atoms with Gasteiger partial charge in [0.1, 0.15) is 0 Å². The van der Waals surface area contributed by atoms with Crippen LogP contribution in [0.5, 0.6) is 0 Å². The maximum Gasteiger partial charge on any atom is 0.243 e. The second-order valence-corrected chi connectivity index (χ2v) is 9.29. The zero-order valence-electron chi connectivity index (χ0n) is 15.4. The van der Waals surface area contributed by atoms with Crippen LogP contribution in [0.15, 0.2) is 47.4 Å². The van der Waals surface area contributed by atoms with E-state index in [0.29, 0.717) is 31.0 Å². The van der Waals surface area contributed by atoms with Gasteiger partial charge in [-0.05, 0) is 74.2 Å². The molecule has 144 valence electrons. The molecule has 3 rings (SSSR count). The smallest absolute Gasteiger partial charge is 0.243 e. The fourth-order valence-corrected chi connectivity index (χ4v) is 4.77. The highest BCUT2D eigenvalue weighted by Crippen LogP contribution is 2.26. The molecule has 7 heteroatoms. The van der Waals surface area contributed by atoms with Crippen LogP contribution in [0.3, 0.4) is 0 Å². The Bertz CT molecular complexity index is 934. The first-order valence-corrected chi connectivity index (χ1v) is 10.7. The van der Waals surface area contributed by atoms with Crippen LogP contribution in [0.1, 0.15) is 24.0 Å². The Morgan fingerprint density at radius 3 is 2.26 bits per heavy atom. The number of aryl methyl sites for hydroxylation is 2. The Balaban J connectivity index is 1.61. The molecule has 1 heterocycles. The molecule has 27 heavy (non-hydrogen) atoms. The van der Waals surface area contributed by atoms with E-state index in [1.165, 1.54) is 22.0 Å². The van der Waals surface area contributed by atoms with Gasteiger partial charge in [-0.15, -0.1) is 0 Å². The Kier molecular flexibility index (Phi) is 5.89. The largest absolute Gasteiger partial charge is 0.326 e. The van der Waals surface area contributed by atoms with Gasteiger partial charge in [0.15, 0.2) is 0 Å². The zero-order valence-corrected chi connectivity index (χ0v) is 17.0. The Morgan fingerprint density at radius 2 is 1.67 bits per heavy atom. The number of carbonyl (C=O) groups excluding carboxylic acids is 1. The van der Waals surface area contributed by atoms with Crippen LogP contribution in [-0.4, -0.2) is 31.7 Å². The lowest BCUT2D eigenvalue weighted by molar-refractivity contribution is -0.120. The number of sulfonamides is 1. The van der Waals surface area contributed by atoms with Crippen molar-refractivity contribution in [1.29, 1.82) is 0 Å². The van der Waals surface area contributed by atoms with E-state index in [1.54, 1.807) is 12.1 Å². The lowest BCUT2D eigenvalue weighted by Crippen LogP contribution is -2.41. The predicted octanol–water partition coefficient (Wildman–Crippen LogP) is 4.00. The molecule has 0 saturated carbocycles. The molecule has 1 fully saturated rings. The summed E-state index contributed by atoms with van der Waals surface area (Å²) in [6.07, 6.45) is 1.01. The predicted molar refractivity (Wildman–Crippen MR) is 107 cm³/mol.